The molecule has 0 radical (unpaired) electrons. The number of benzene rings is 6. The minimum Gasteiger partial charge on any atom is -0.264 e. The molecule has 0 atom stereocenters. The summed E-state index contributed by atoms with van der Waals surface area (Å²) in [4.78, 5) is 82.4. The second kappa shape index (κ2) is 49.2. The standard InChI is InChI=1S/2C9H7N.8C8H6N2.2C4H4N2.C3H3N3/c1-2-6-9-8(4-1)5-3-7-10-9;1-2-4-9-7-10-6-5-8(9)3-1;1-3-7-8(9-5-1)4-2-6-10-7;1-3-7-4-2-6-10-8(7)9-5-1;1-2-7-6-9-5-3-8(7)10-4-1;1-2-7-3-5-9-6-8(7)10-4-1;1-2-4-8-7(3-1)5-9-6-10-8;1-2-4-8-6-10-9-5-7(8)3-1;1-2-4-8-7(3-1)9-5-6-10-8;1-2-4-8-7(3-1)5-6-9-10-8;1-2-6-4-3-5-1;1-2-5-4-6-3-1;1-4-2-6-3-5-1/h2*1-7H;8*1-6H;2*1-4H;1-3H. The Hall–Kier alpha value is -17.1. The minimum absolute atomic E-state index is 0.810. The molecule has 23 rings (SSSR count). The van der Waals surface area contributed by atoms with Gasteiger partial charge in [-0.2, -0.15) is 20.4 Å². The van der Waals surface area contributed by atoms with Crippen molar-refractivity contribution in [1.29, 1.82) is 0 Å². The maximum absolute atomic E-state index is 4.18. The van der Waals surface area contributed by atoms with Crippen LogP contribution in [0.2, 0.25) is 0 Å². The number of para-hydroxylation sites is 4. The van der Waals surface area contributed by atoms with Crippen molar-refractivity contribution in [2.75, 3.05) is 0 Å². The average molecular weight is 1540 g/mol. The molecule has 0 unspecified atom stereocenters. The molecule has 570 valence electrons. The molecule has 0 amide bonds. The van der Waals surface area contributed by atoms with Crippen molar-refractivity contribution >= 4 is 109 Å². The molecule has 0 N–H and O–H groups in total. The van der Waals surface area contributed by atoms with Crippen LogP contribution in [-0.2, 0) is 0 Å². The number of hydrogen-bond donors (Lipinski definition) is 0. The van der Waals surface area contributed by atoms with E-state index in [1.165, 1.54) is 41.5 Å². The second-order valence-corrected chi connectivity index (χ2v) is 23.6. The molecule has 0 bridgehead atoms. The van der Waals surface area contributed by atoms with Crippen molar-refractivity contribution in [3.8, 4) is 0 Å². The highest BCUT2D eigenvalue weighted by molar-refractivity contribution is 5.83. The highest BCUT2D eigenvalue weighted by Gasteiger charge is 1.96. The van der Waals surface area contributed by atoms with Crippen LogP contribution in [-0.4, -0.2) is 125 Å². The van der Waals surface area contributed by atoms with E-state index >= 15 is 0 Å². The molecule has 25 heteroatoms. The largest absolute Gasteiger partial charge is 0.264 e. The Labute approximate surface area is 677 Å². The normalized spacial score (nSPS) is 9.69. The first kappa shape index (κ1) is 81.9. The molecule has 0 aliphatic carbocycles. The molecule has 0 saturated carbocycles. The van der Waals surface area contributed by atoms with E-state index in [4.69, 9.17) is 0 Å². The summed E-state index contributed by atoms with van der Waals surface area (Å²) in [5.41, 5.74) is 9.56. The molecule has 23 aromatic rings. The summed E-state index contributed by atoms with van der Waals surface area (Å²) in [6.45, 7) is 0. The summed E-state index contributed by atoms with van der Waals surface area (Å²) < 4.78 is 0. The molecule has 6 aromatic carbocycles. The number of pyridine rings is 10. The van der Waals surface area contributed by atoms with Crippen LogP contribution in [0.15, 0.2) is 447 Å². The first-order valence-electron chi connectivity index (χ1n) is 36.4. The van der Waals surface area contributed by atoms with Crippen molar-refractivity contribution in [2.24, 2.45) is 0 Å². The van der Waals surface area contributed by atoms with Gasteiger partial charge in [-0.15, -0.1) is 0 Å². The lowest BCUT2D eigenvalue weighted by molar-refractivity contribution is 1.05. The molecular weight excluding hydrogens is 1470 g/mol. The van der Waals surface area contributed by atoms with Gasteiger partial charge in [-0.25, -0.2) is 44.9 Å². The number of aromatic nitrogens is 25. The topological polar surface area (TPSA) is 322 Å². The summed E-state index contributed by atoms with van der Waals surface area (Å²) in [6.07, 6.45) is 50.9. The second-order valence-electron chi connectivity index (χ2n) is 23.6. The molecule has 25 nitrogen and oxygen atoms in total. The summed E-state index contributed by atoms with van der Waals surface area (Å²) in [6, 6.07) is 84.8. The third kappa shape index (κ3) is 29.0. The maximum Gasteiger partial charge on any atom is 0.159 e. The van der Waals surface area contributed by atoms with Gasteiger partial charge in [0.1, 0.15) is 31.6 Å². The van der Waals surface area contributed by atoms with Gasteiger partial charge in [0.2, 0.25) is 0 Å². The minimum atomic E-state index is 0.810. The van der Waals surface area contributed by atoms with Gasteiger partial charge in [0.05, 0.1) is 74.4 Å². The Morgan fingerprint density at radius 1 is 0.127 bits per heavy atom. The van der Waals surface area contributed by atoms with Gasteiger partial charge in [-0.05, 0) is 144 Å². The number of hydrogen-bond acceptors (Lipinski definition) is 25. The Balaban J connectivity index is 0.000000126. The zero-order valence-corrected chi connectivity index (χ0v) is 63.3. The van der Waals surface area contributed by atoms with Crippen LogP contribution in [0.3, 0.4) is 0 Å². The predicted molar refractivity (Wildman–Crippen MR) is 464 cm³/mol. The van der Waals surface area contributed by atoms with Gasteiger partial charge in [0.25, 0.3) is 0 Å². The molecule has 17 heterocycles. The molecule has 118 heavy (non-hydrogen) atoms. The molecular formula is C93H73N25. The van der Waals surface area contributed by atoms with E-state index in [0.717, 1.165) is 93.0 Å². The summed E-state index contributed by atoms with van der Waals surface area (Å²) in [7, 11) is 0. The van der Waals surface area contributed by atoms with Gasteiger partial charge >= 0.3 is 0 Å². The Morgan fingerprint density at radius 3 is 0.924 bits per heavy atom. The third-order valence-electron chi connectivity index (χ3n) is 15.6. The third-order valence-corrected chi connectivity index (χ3v) is 15.6. The Morgan fingerprint density at radius 2 is 0.458 bits per heavy atom. The smallest absolute Gasteiger partial charge is 0.159 e. The number of rotatable bonds is 0. The fraction of sp³-hybridized carbons (Fsp3) is 0. The van der Waals surface area contributed by atoms with Crippen LogP contribution in [0.25, 0.3) is 109 Å². The lowest BCUT2D eigenvalue weighted by Gasteiger charge is -1.91. The van der Waals surface area contributed by atoms with Crippen molar-refractivity contribution in [2.45, 2.75) is 0 Å². The van der Waals surface area contributed by atoms with Gasteiger partial charge in [-0.3, -0.25) is 59.8 Å². The van der Waals surface area contributed by atoms with Crippen LogP contribution in [0.5, 0.6) is 0 Å². The number of fused-ring (bicyclic) bond motifs is 10. The first-order chi connectivity index (χ1) is 58.7. The van der Waals surface area contributed by atoms with Gasteiger partial charge in [-0.1, -0.05) is 127 Å². The van der Waals surface area contributed by atoms with E-state index in [9.17, 15) is 0 Å². The Kier molecular flexibility index (Phi) is 34.2. The molecule has 17 aromatic heterocycles. The average Bonchev–Trinajstić information content (AvgIpc) is 0.946. The molecule has 0 spiro atoms. The van der Waals surface area contributed by atoms with Crippen LogP contribution >= 0.6 is 0 Å². The van der Waals surface area contributed by atoms with E-state index in [1.807, 2.05) is 262 Å². The van der Waals surface area contributed by atoms with Gasteiger partial charge < -0.3 is 0 Å². The number of nitrogens with zero attached hydrogens (tertiary/aromatic N) is 25. The van der Waals surface area contributed by atoms with E-state index in [2.05, 4.69) is 149 Å². The maximum atomic E-state index is 4.18. The summed E-state index contributed by atoms with van der Waals surface area (Å²) >= 11 is 0. The van der Waals surface area contributed by atoms with Gasteiger partial charge in [0, 0.05) is 173 Å². The lowest BCUT2D eigenvalue weighted by Crippen LogP contribution is -1.79. The zero-order chi connectivity index (χ0) is 80.8. The van der Waals surface area contributed by atoms with Crippen molar-refractivity contribution in [1.82, 2.24) is 125 Å². The fourth-order valence-corrected chi connectivity index (χ4v) is 10.1. The van der Waals surface area contributed by atoms with Crippen molar-refractivity contribution in [3.63, 3.8) is 0 Å². The Bertz CT molecular complexity index is 4690. The van der Waals surface area contributed by atoms with Crippen LogP contribution in [0.4, 0.5) is 0 Å². The van der Waals surface area contributed by atoms with E-state index in [0.29, 0.717) is 0 Å². The highest BCUT2D eigenvalue weighted by Crippen LogP contribution is 2.14. The summed E-state index contributed by atoms with van der Waals surface area (Å²) in [5, 5.41) is 26.7. The molecule has 0 fully saturated rings. The SMILES string of the molecule is c1ccc2cnccc2c1.c1ccc2cnncc2c1.c1ccc2ncccc2c1.c1ccc2nccnc2c1.c1ccc2ncncc2c1.c1ccc2nnccc2c1.c1cnc2cccnc2c1.c1cnc2ccncc2c1.c1cnc2cnccc2c1.c1cnc2ncccc2c1.c1cnccn1.c1cncnc1.c1ncncn1. The van der Waals surface area contributed by atoms with Crippen molar-refractivity contribution < 1.29 is 0 Å². The first-order valence-corrected chi connectivity index (χ1v) is 36.4. The molecule has 0 aliphatic rings. The van der Waals surface area contributed by atoms with Crippen LogP contribution in [0.1, 0.15) is 0 Å². The van der Waals surface area contributed by atoms with Crippen molar-refractivity contribution in [3.05, 3.63) is 447 Å². The summed E-state index contributed by atoms with van der Waals surface area (Å²) in [5.74, 6) is 0. The lowest BCUT2D eigenvalue weighted by atomic mass is 10.2. The quantitative estimate of drug-likeness (QED) is 0.136. The fourth-order valence-electron chi connectivity index (χ4n) is 10.1. The van der Waals surface area contributed by atoms with E-state index < -0.39 is 0 Å². The monoisotopic (exact) mass is 1540 g/mol. The van der Waals surface area contributed by atoms with E-state index in [-0.39, 0.29) is 0 Å². The highest BCUT2D eigenvalue weighted by atomic mass is 15.1. The zero-order valence-electron chi connectivity index (χ0n) is 63.3. The van der Waals surface area contributed by atoms with E-state index in [1.54, 1.807) is 136 Å². The molecule has 0 aliphatic heterocycles. The molecule has 0 saturated heterocycles. The van der Waals surface area contributed by atoms with Crippen LogP contribution < -0.4 is 0 Å². The van der Waals surface area contributed by atoms with Crippen LogP contribution in [0, 0.1) is 0 Å². The predicted octanol–water partition coefficient (Wildman–Crippen LogP) is 18.3. The van der Waals surface area contributed by atoms with Gasteiger partial charge in [0.15, 0.2) is 5.65 Å².